The van der Waals surface area contributed by atoms with Gasteiger partial charge >= 0.3 is 0 Å². The Morgan fingerprint density at radius 1 is 0.955 bits per heavy atom. The molecule has 2 aromatic rings. The van der Waals surface area contributed by atoms with Crippen LogP contribution in [0.5, 0.6) is 0 Å². The Balaban J connectivity index is 1.70. The summed E-state index contributed by atoms with van der Waals surface area (Å²) in [6, 6.07) is 13.9. The second-order valence-electron chi connectivity index (χ2n) is 7.01. The highest BCUT2D eigenvalue weighted by Gasteiger charge is 2.18. The molecule has 1 saturated carbocycles. The molecule has 1 fully saturated rings. The average Bonchev–Trinajstić information content (AvgIpc) is 2.51. The molecule has 3 rings (SSSR count). The van der Waals surface area contributed by atoms with E-state index in [9.17, 15) is 4.39 Å². The summed E-state index contributed by atoms with van der Waals surface area (Å²) in [5.74, 6) is 1.61. The summed E-state index contributed by atoms with van der Waals surface area (Å²) in [6.07, 6.45) is 6.63. The molecule has 0 bridgehead atoms. The first-order chi connectivity index (χ1) is 10.6. The zero-order chi connectivity index (χ0) is 15.5. The van der Waals surface area contributed by atoms with E-state index in [0.29, 0.717) is 5.56 Å². The van der Waals surface area contributed by atoms with Crippen molar-refractivity contribution in [1.29, 1.82) is 0 Å². The van der Waals surface area contributed by atoms with E-state index < -0.39 is 0 Å². The fourth-order valence-electron chi connectivity index (χ4n) is 3.54. The minimum absolute atomic E-state index is 0.131. The van der Waals surface area contributed by atoms with Crippen LogP contribution in [-0.2, 0) is 6.42 Å². The van der Waals surface area contributed by atoms with Crippen molar-refractivity contribution in [2.24, 2.45) is 11.8 Å². The van der Waals surface area contributed by atoms with E-state index >= 15 is 0 Å². The summed E-state index contributed by atoms with van der Waals surface area (Å²) in [7, 11) is 0. The molecular weight excluding hydrogens is 271 g/mol. The summed E-state index contributed by atoms with van der Waals surface area (Å²) >= 11 is 0. The lowest BCUT2D eigenvalue weighted by Gasteiger charge is -2.26. The Morgan fingerprint density at radius 3 is 2.27 bits per heavy atom. The molecule has 0 amide bonds. The summed E-state index contributed by atoms with van der Waals surface area (Å²) in [5.41, 5.74) is 4.02. The van der Waals surface area contributed by atoms with Crippen LogP contribution < -0.4 is 0 Å². The Kier molecular flexibility index (Phi) is 4.61. The number of hydrogen-bond acceptors (Lipinski definition) is 0. The summed E-state index contributed by atoms with van der Waals surface area (Å²) in [5, 5.41) is 0. The fourth-order valence-corrected chi connectivity index (χ4v) is 3.54. The highest BCUT2D eigenvalue weighted by atomic mass is 19.1. The van der Waals surface area contributed by atoms with Crippen LogP contribution in [0.3, 0.4) is 0 Å². The van der Waals surface area contributed by atoms with Gasteiger partial charge in [0, 0.05) is 5.56 Å². The Labute approximate surface area is 133 Å². The molecule has 1 aliphatic rings. The molecule has 116 valence electrons. The second-order valence-corrected chi connectivity index (χ2v) is 7.01. The van der Waals surface area contributed by atoms with Gasteiger partial charge in [-0.1, -0.05) is 56.2 Å². The Morgan fingerprint density at radius 2 is 1.64 bits per heavy atom. The van der Waals surface area contributed by atoms with E-state index in [1.807, 2.05) is 19.1 Å². The van der Waals surface area contributed by atoms with Crippen molar-refractivity contribution in [3.63, 3.8) is 0 Å². The first-order valence-corrected chi connectivity index (χ1v) is 8.47. The van der Waals surface area contributed by atoms with Gasteiger partial charge < -0.3 is 0 Å². The standard InChI is InChI=1S/C21H25F/c1-15-3-6-17(7-4-15)14-18-8-10-19(11-9-18)20-12-5-16(2)13-21(20)22/h5,8-13,15,17H,3-4,6-7,14H2,1-2H3. The van der Waals surface area contributed by atoms with E-state index in [4.69, 9.17) is 0 Å². The topological polar surface area (TPSA) is 0 Å². The van der Waals surface area contributed by atoms with E-state index in [1.165, 1.54) is 37.7 Å². The van der Waals surface area contributed by atoms with Gasteiger partial charge in [-0.05, 0) is 60.8 Å². The van der Waals surface area contributed by atoms with E-state index in [-0.39, 0.29) is 5.82 Å². The quantitative estimate of drug-likeness (QED) is 0.635. The van der Waals surface area contributed by atoms with Gasteiger partial charge in [0.25, 0.3) is 0 Å². The lowest BCUT2D eigenvalue weighted by Crippen LogP contribution is -2.14. The maximum Gasteiger partial charge on any atom is 0.131 e. The first kappa shape index (κ1) is 15.3. The van der Waals surface area contributed by atoms with Gasteiger partial charge in [0.1, 0.15) is 5.82 Å². The molecule has 0 N–H and O–H groups in total. The molecule has 0 aliphatic heterocycles. The molecule has 2 aromatic carbocycles. The molecule has 0 saturated heterocycles. The molecule has 0 atom stereocenters. The number of halogens is 1. The van der Waals surface area contributed by atoms with Crippen molar-refractivity contribution in [2.75, 3.05) is 0 Å². The van der Waals surface area contributed by atoms with Gasteiger partial charge in [0.05, 0.1) is 0 Å². The molecule has 0 aromatic heterocycles. The maximum absolute atomic E-state index is 14.0. The number of hydrogen-bond donors (Lipinski definition) is 0. The first-order valence-electron chi connectivity index (χ1n) is 8.47. The van der Waals surface area contributed by atoms with Crippen molar-refractivity contribution >= 4 is 0 Å². The van der Waals surface area contributed by atoms with Crippen molar-refractivity contribution in [2.45, 2.75) is 46.0 Å². The molecule has 0 radical (unpaired) electrons. The number of benzene rings is 2. The van der Waals surface area contributed by atoms with Crippen LogP contribution in [0.15, 0.2) is 42.5 Å². The minimum Gasteiger partial charge on any atom is -0.206 e. The molecule has 0 nitrogen and oxygen atoms in total. The third kappa shape index (κ3) is 3.58. The minimum atomic E-state index is -0.131. The van der Waals surface area contributed by atoms with Crippen LogP contribution in [-0.4, -0.2) is 0 Å². The van der Waals surface area contributed by atoms with Gasteiger partial charge in [0.15, 0.2) is 0 Å². The SMILES string of the molecule is Cc1ccc(-c2ccc(CC3CCC(C)CC3)cc2)c(F)c1. The van der Waals surface area contributed by atoms with Crippen molar-refractivity contribution < 1.29 is 4.39 Å². The van der Waals surface area contributed by atoms with Gasteiger partial charge in [0.2, 0.25) is 0 Å². The Hall–Kier alpha value is -1.63. The Bertz CT molecular complexity index is 619. The largest absolute Gasteiger partial charge is 0.206 e. The van der Waals surface area contributed by atoms with Gasteiger partial charge in [-0.2, -0.15) is 0 Å². The summed E-state index contributed by atoms with van der Waals surface area (Å²) < 4.78 is 14.0. The van der Waals surface area contributed by atoms with E-state index in [1.54, 1.807) is 6.07 Å². The van der Waals surface area contributed by atoms with E-state index in [0.717, 1.165) is 23.0 Å². The smallest absolute Gasteiger partial charge is 0.131 e. The molecule has 22 heavy (non-hydrogen) atoms. The third-order valence-electron chi connectivity index (χ3n) is 5.05. The van der Waals surface area contributed by atoms with Crippen LogP contribution in [0.25, 0.3) is 11.1 Å². The molecule has 1 aliphatic carbocycles. The zero-order valence-electron chi connectivity index (χ0n) is 13.6. The van der Waals surface area contributed by atoms with Gasteiger partial charge in [-0.3, -0.25) is 0 Å². The number of rotatable bonds is 3. The zero-order valence-corrected chi connectivity index (χ0v) is 13.6. The van der Waals surface area contributed by atoms with Crippen LogP contribution in [0, 0.1) is 24.6 Å². The van der Waals surface area contributed by atoms with Crippen molar-refractivity contribution in [3.05, 3.63) is 59.4 Å². The highest BCUT2D eigenvalue weighted by Crippen LogP contribution is 2.31. The van der Waals surface area contributed by atoms with Gasteiger partial charge in [-0.25, -0.2) is 4.39 Å². The monoisotopic (exact) mass is 296 g/mol. The predicted octanol–water partition coefficient (Wildman–Crippen LogP) is 6.17. The van der Waals surface area contributed by atoms with Gasteiger partial charge in [-0.15, -0.1) is 0 Å². The third-order valence-corrected chi connectivity index (χ3v) is 5.05. The predicted molar refractivity (Wildman–Crippen MR) is 91.4 cm³/mol. The normalized spacial score (nSPS) is 21.8. The van der Waals surface area contributed by atoms with Crippen molar-refractivity contribution in [1.82, 2.24) is 0 Å². The summed E-state index contributed by atoms with van der Waals surface area (Å²) in [6.45, 7) is 4.28. The van der Waals surface area contributed by atoms with Crippen LogP contribution >= 0.6 is 0 Å². The highest BCUT2D eigenvalue weighted by molar-refractivity contribution is 5.64. The van der Waals surface area contributed by atoms with E-state index in [2.05, 4.69) is 31.2 Å². The average molecular weight is 296 g/mol. The number of aryl methyl sites for hydroxylation is 1. The fraction of sp³-hybridized carbons (Fsp3) is 0.429. The molecule has 0 spiro atoms. The summed E-state index contributed by atoms with van der Waals surface area (Å²) in [4.78, 5) is 0. The molecular formula is C21H25F. The lowest BCUT2D eigenvalue weighted by atomic mass is 9.80. The van der Waals surface area contributed by atoms with Crippen LogP contribution in [0.4, 0.5) is 4.39 Å². The van der Waals surface area contributed by atoms with Crippen LogP contribution in [0.1, 0.15) is 43.7 Å². The van der Waals surface area contributed by atoms with Crippen LogP contribution in [0.2, 0.25) is 0 Å². The lowest BCUT2D eigenvalue weighted by molar-refractivity contribution is 0.289. The second kappa shape index (κ2) is 6.64. The van der Waals surface area contributed by atoms with Crippen molar-refractivity contribution in [3.8, 4) is 11.1 Å². The maximum atomic E-state index is 14.0. The molecule has 1 heteroatoms. The molecule has 0 unspecified atom stereocenters. The molecule has 0 heterocycles.